The summed E-state index contributed by atoms with van der Waals surface area (Å²) in [5.41, 5.74) is 0.733. The van der Waals surface area contributed by atoms with Crippen molar-refractivity contribution in [2.75, 3.05) is 19.1 Å². The molecule has 0 saturated heterocycles. The molecule has 1 aromatic carbocycles. The number of carbonyl (C=O) groups excluding carboxylic acids is 1. The summed E-state index contributed by atoms with van der Waals surface area (Å²) in [7, 11) is -1.72. The monoisotopic (exact) mass is 287 g/mol. The summed E-state index contributed by atoms with van der Waals surface area (Å²) in [6.45, 7) is 3.38. The second-order valence-corrected chi connectivity index (χ2v) is 7.03. The first-order valence-electron chi connectivity index (χ1n) is 5.83. The summed E-state index contributed by atoms with van der Waals surface area (Å²) in [4.78, 5) is 13.4. The number of nitrogens with zero attached hydrogens (tertiary/aromatic N) is 1. The molecule has 0 saturated carbocycles. The Morgan fingerprint density at radius 2 is 2.00 bits per heavy atom. The number of rotatable bonds is 4. The van der Waals surface area contributed by atoms with Crippen LogP contribution < -0.4 is 0 Å². The molecule has 4 nitrogen and oxygen atoms in total. The van der Waals surface area contributed by atoms with E-state index < -0.39 is 27.6 Å². The van der Waals surface area contributed by atoms with Crippen LogP contribution in [-0.4, -0.2) is 44.3 Å². The highest BCUT2D eigenvalue weighted by molar-refractivity contribution is 7.90. The molecule has 0 N–H and O–H groups in total. The van der Waals surface area contributed by atoms with Gasteiger partial charge in [-0.25, -0.2) is 12.8 Å². The van der Waals surface area contributed by atoms with Gasteiger partial charge in [-0.05, 0) is 26.0 Å². The fourth-order valence-electron chi connectivity index (χ4n) is 1.74. The van der Waals surface area contributed by atoms with Crippen LogP contribution in [0.2, 0.25) is 0 Å². The lowest BCUT2D eigenvalue weighted by Gasteiger charge is -2.24. The summed E-state index contributed by atoms with van der Waals surface area (Å²) in [5, 5.41) is 0. The van der Waals surface area contributed by atoms with E-state index in [0.29, 0.717) is 0 Å². The molecule has 6 heteroatoms. The molecule has 106 valence electrons. The van der Waals surface area contributed by atoms with E-state index in [1.807, 2.05) is 0 Å². The molecule has 19 heavy (non-hydrogen) atoms. The molecule has 1 unspecified atom stereocenters. The lowest BCUT2D eigenvalue weighted by atomic mass is 10.1. The minimum absolute atomic E-state index is 0.0390. The minimum atomic E-state index is -3.19. The van der Waals surface area contributed by atoms with Crippen LogP contribution in [-0.2, 0) is 9.84 Å². The van der Waals surface area contributed by atoms with E-state index in [-0.39, 0.29) is 11.3 Å². The first-order valence-corrected chi connectivity index (χ1v) is 7.89. The summed E-state index contributed by atoms with van der Waals surface area (Å²) >= 11 is 0. The van der Waals surface area contributed by atoms with Crippen molar-refractivity contribution in [3.63, 3.8) is 0 Å². The van der Waals surface area contributed by atoms with Gasteiger partial charge >= 0.3 is 0 Å². The summed E-state index contributed by atoms with van der Waals surface area (Å²) in [5.74, 6) is -1.27. The second-order valence-electron chi connectivity index (χ2n) is 4.84. The zero-order valence-corrected chi connectivity index (χ0v) is 12.3. The molecule has 0 spiro atoms. The predicted octanol–water partition coefficient (Wildman–Crippen LogP) is 1.64. The summed E-state index contributed by atoms with van der Waals surface area (Å²) in [6.07, 6.45) is 1.11. The van der Waals surface area contributed by atoms with E-state index >= 15 is 0 Å². The van der Waals surface area contributed by atoms with Crippen molar-refractivity contribution < 1.29 is 17.6 Å². The van der Waals surface area contributed by atoms with Gasteiger partial charge in [0.05, 0.1) is 11.3 Å². The molecule has 1 atom stereocenters. The Morgan fingerprint density at radius 1 is 1.42 bits per heavy atom. The SMILES string of the molecule is Cc1ccc(F)c(C(=O)N(C)C(C)CS(C)(=O)=O)c1. The number of benzene rings is 1. The predicted molar refractivity (Wildman–Crippen MR) is 72.4 cm³/mol. The van der Waals surface area contributed by atoms with E-state index in [1.54, 1.807) is 19.9 Å². The maximum absolute atomic E-state index is 13.6. The molecule has 0 fully saturated rings. The topological polar surface area (TPSA) is 54.5 Å². The normalized spacial score (nSPS) is 13.1. The Labute approximate surface area is 113 Å². The van der Waals surface area contributed by atoms with Crippen LogP contribution >= 0.6 is 0 Å². The Kier molecular flexibility index (Phi) is 4.68. The molecule has 1 aromatic rings. The number of aryl methyl sites for hydroxylation is 1. The van der Waals surface area contributed by atoms with Gasteiger partial charge in [-0.2, -0.15) is 0 Å². The maximum Gasteiger partial charge on any atom is 0.256 e. The second kappa shape index (κ2) is 5.69. The number of hydrogen-bond acceptors (Lipinski definition) is 3. The third-order valence-electron chi connectivity index (χ3n) is 2.88. The first kappa shape index (κ1) is 15.6. The average Bonchev–Trinajstić information content (AvgIpc) is 2.28. The van der Waals surface area contributed by atoms with E-state index in [9.17, 15) is 17.6 Å². The van der Waals surface area contributed by atoms with Crippen LogP contribution in [0.4, 0.5) is 4.39 Å². The Morgan fingerprint density at radius 3 is 2.53 bits per heavy atom. The molecule has 0 heterocycles. The molecule has 1 rings (SSSR count). The highest BCUT2D eigenvalue weighted by atomic mass is 32.2. The Balaban J connectivity index is 2.96. The molecule has 0 aromatic heterocycles. The zero-order valence-electron chi connectivity index (χ0n) is 11.5. The number of carbonyl (C=O) groups is 1. The molecule has 0 aliphatic rings. The van der Waals surface area contributed by atoms with Crippen molar-refractivity contribution in [2.24, 2.45) is 0 Å². The molecule has 0 radical (unpaired) electrons. The van der Waals surface area contributed by atoms with Crippen molar-refractivity contribution in [1.82, 2.24) is 4.90 Å². The maximum atomic E-state index is 13.6. The largest absolute Gasteiger partial charge is 0.338 e. The lowest BCUT2D eigenvalue weighted by Crippen LogP contribution is -2.39. The number of halogens is 1. The molecule has 1 amide bonds. The van der Waals surface area contributed by atoms with Crippen LogP contribution in [0.5, 0.6) is 0 Å². The van der Waals surface area contributed by atoms with Crippen molar-refractivity contribution in [2.45, 2.75) is 19.9 Å². The number of hydrogen-bond donors (Lipinski definition) is 0. The third kappa shape index (κ3) is 4.31. The quantitative estimate of drug-likeness (QED) is 0.846. The summed E-state index contributed by atoms with van der Waals surface area (Å²) in [6, 6.07) is 3.76. The van der Waals surface area contributed by atoms with E-state index in [1.165, 1.54) is 24.1 Å². The lowest BCUT2D eigenvalue weighted by molar-refractivity contribution is 0.0752. The fourth-order valence-corrected chi connectivity index (χ4v) is 2.84. The molecule has 0 bridgehead atoms. The zero-order chi connectivity index (χ0) is 14.8. The van der Waals surface area contributed by atoms with Gasteiger partial charge in [0, 0.05) is 19.3 Å². The van der Waals surface area contributed by atoms with Crippen LogP contribution in [0.15, 0.2) is 18.2 Å². The van der Waals surface area contributed by atoms with E-state index in [0.717, 1.165) is 11.8 Å². The van der Waals surface area contributed by atoms with Crippen molar-refractivity contribution >= 4 is 15.7 Å². The Bertz CT molecular complexity index is 584. The molecular formula is C13H18FNO3S. The van der Waals surface area contributed by atoms with Gasteiger partial charge in [0.1, 0.15) is 15.7 Å². The minimum Gasteiger partial charge on any atom is -0.338 e. The number of sulfone groups is 1. The average molecular weight is 287 g/mol. The van der Waals surface area contributed by atoms with Gasteiger partial charge in [0.15, 0.2) is 0 Å². The molecule has 0 aliphatic carbocycles. The fraction of sp³-hybridized carbons (Fsp3) is 0.462. The van der Waals surface area contributed by atoms with E-state index in [4.69, 9.17) is 0 Å². The van der Waals surface area contributed by atoms with Gasteiger partial charge in [0.2, 0.25) is 0 Å². The first-order chi connectivity index (χ1) is 8.61. The highest BCUT2D eigenvalue weighted by Gasteiger charge is 2.23. The Hall–Kier alpha value is -1.43. The van der Waals surface area contributed by atoms with E-state index in [2.05, 4.69) is 0 Å². The van der Waals surface area contributed by atoms with Crippen LogP contribution in [0.3, 0.4) is 0 Å². The van der Waals surface area contributed by atoms with Gasteiger partial charge in [-0.1, -0.05) is 11.6 Å². The standard InChI is InChI=1S/C13H18FNO3S/c1-9-5-6-12(14)11(7-9)13(16)15(3)10(2)8-19(4,17)18/h5-7,10H,8H2,1-4H3. The highest BCUT2D eigenvalue weighted by Crippen LogP contribution is 2.14. The summed E-state index contributed by atoms with van der Waals surface area (Å²) < 4.78 is 36.0. The number of amides is 1. The van der Waals surface area contributed by atoms with Gasteiger partial charge in [-0.3, -0.25) is 4.79 Å². The van der Waals surface area contributed by atoms with Gasteiger partial charge in [0.25, 0.3) is 5.91 Å². The smallest absolute Gasteiger partial charge is 0.256 e. The van der Waals surface area contributed by atoms with Gasteiger partial charge in [-0.15, -0.1) is 0 Å². The molecular weight excluding hydrogens is 269 g/mol. The van der Waals surface area contributed by atoms with Crippen molar-refractivity contribution in [3.8, 4) is 0 Å². The van der Waals surface area contributed by atoms with Crippen LogP contribution in [0, 0.1) is 12.7 Å². The molecule has 0 aliphatic heterocycles. The van der Waals surface area contributed by atoms with Crippen molar-refractivity contribution in [1.29, 1.82) is 0 Å². The van der Waals surface area contributed by atoms with Crippen molar-refractivity contribution in [3.05, 3.63) is 35.1 Å². The van der Waals surface area contributed by atoms with Gasteiger partial charge < -0.3 is 4.90 Å². The van der Waals surface area contributed by atoms with Crippen LogP contribution in [0.25, 0.3) is 0 Å². The van der Waals surface area contributed by atoms with Crippen LogP contribution in [0.1, 0.15) is 22.8 Å². The third-order valence-corrected chi connectivity index (χ3v) is 3.97.